The zero-order chi connectivity index (χ0) is 21.5. The molecule has 3 aromatic rings. The van der Waals surface area contributed by atoms with E-state index in [1.165, 1.54) is 0 Å². The molecular weight excluding hydrogens is 396 g/mol. The molecule has 0 N–H and O–H groups in total. The Kier molecular flexibility index (Phi) is 7.30. The van der Waals surface area contributed by atoms with E-state index in [2.05, 4.69) is 9.97 Å². The summed E-state index contributed by atoms with van der Waals surface area (Å²) in [5.74, 6) is -0.119. The average Bonchev–Trinajstić information content (AvgIpc) is 2.76. The second-order valence-corrected chi connectivity index (χ2v) is 8.30. The van der Waals surface area contributed by atoms with Crippen molar-refractivity contribution in [1.29, 1.82) is 0 Å². The van der Waals surface area contributed by atoms with Crippen LogP contribution in [0.3, 0.4) is 0 Å². The molecule has 0 radical (unpaired) electrons. The summed E-state index contributed by atoms with van der Waals surface area (Å²) in [7, 11) is -1.62. The Hall–Kier alpha value is -3.06. The van der Waals surface area contributed by atoms with Crippen LogP contribution in [0.1, 0.15) is 23.7 Å². The summed E-state index contributed by atoms with van der Waals surface area (Å²) in [4.78, 5) is 23.5. The highest BCUT2D eigenvalue weighted by atomic mass is 32.2. The molecule has 1 unspecified atom stereocenters. The largest absolute Gasteiger partial charge is 0.336 e. The number of rotatable bonds is 8. The molecule has 0 spiro atoms. The number of benzene rings is 1. The van der Waals surface area contributed by atoms with Crippen LogP contribution < -0.4 is 4.31 Å². The van der Waals surface area contributed by atoms with Crippen LogP contribution in [0.5, 0.6) is 0 Å². The maximum Gasteiger partial charge on any atom is 0.243 e. The van der Waals surface area contributed by atoms with Gasteiger partial charge in [-0.3, -0.25) is 14.1 Å². The van der Waals surface area contributed by atoms with Gasteiger partial charge in [0.1, 0.15) is 6.54 Å². The molecule has 0 aliphatic heterocycles. The van der Waals surface area contributed by atoms with Crippen molar-refractivity contribution in [2.45, 2.75) is 32.3 Å². The lowest BCUT2D eigenvalue weighted by Gasteiger charge is -2.27. The number of aromatic nitrogens is 2. The number of carbonyl (C=O) groups excluding carboxylic acids is 1. The molecular formula is C23H26N4O2S. The summed E-state index contributed by atoms with van der Waals surface area (Å²) < 4.78 is 15.1. The van der Waals surface area contributed by atoms with Crippen LogP contribution in [0, 0.1) is 13.8 Å². The molecule has 0 aliphatic rings. The Morgan fingerprint density at radius 3 is 2.47 bits per heavy atom. The van der Waals surface area contributed by atoms with E-state index in [4.69, 9.17) is 0 Å². The fraction of sp³-hybridized carbons (Fsp3) is 0.261. The van der Waals surface area contributed by atoms with Gasteiger partial charge >= 0.3 is 0 Å². The summed E-state index contributed by atoms with van der Waals surface area (Å²) in [6.45, 7) is 6.69. The minimum absolute atomic E-state index is 0.0211. The van der Waals surface area contributed by atoms with Gasteiger partial charge < -0.3 is 4.90 Å². The number of hydrogen-bond acceptors (Lipinski definition) is 4. The van der Waals surface area contributed by atoms with E-state index in [1.54, 1.807) is 21.6 Å². The van der Waals surface area contributed by atoms with Crippen LogP contribution in [-0.4, -0.2) is 38.1 Å². The number of carbonyl (C=O) groups is 1. The van der Waals surface area contributed by atoms with Crippen LogP contribution in [0.25, 0.3) is 0 Å². The summed E-state index contributed by atoms with van der Waals surface area (Å²) in [5.41, 5.74) is 3.39. The quantitative estimate of drug-likeness (QED) is 0.556. The van der Waals surface area contributed by atoms with Crippen LogP contribution in [-0.2, 0) is 22.3 Å². The number of hydrogen-bond donors (Lipinski definition) is 0. The van der Waals surface area contributed by atoms with Gasteiger partial charge in [-0.05, 0) is 62.2 Å². The summed E-state index contributed by atoms with van der Waals surface area (Å²) >= 11 is 0. The van der Waals surface area contributed by atoms with E-state index in [-0.39, 0.29) is 12.5 Å². The average molecular weight is 423 g/mol. The SMILES string of the molecule is CCN(Cc1ccccn1)C(=O)CN(c1cccc(C)c1)S(=O)c1ncccc1C. The van der Waals surface area contributed by atoms with Gasteiger partial charge in [0.05, 0.1) is 17.9 Å². The number of aryl methyl sites for hydroxylation is 2. The fourth-order valence-corrected chi connectivity index (χ4v) is 4.31. The Morgan fingerprint density at radius 1 is 1.00 bits per heavy atom. The second kappa shape index (κ2) is 10.1. The maximum absolute atomic E-state index is 13.5. The highest BCUT2D eigenvalue weighted by molar-refractivity contribution is 7.86. The number of amides is 1. The molecule has 1 amide bonds. The van der Waals surface area contributed by atoms with E-state index in [0.29, 0.717) is 18.1 Å². The highest BCUT2D eigenvalue weighted by Gasteiger charge is 2.24. The van der Waals surface area contributed by atoms with E-state index in [0.717, 1.165) is 22.5 Å². The highest BCUT2D eigenvalue weighted by Crippen LogP contribution is 2.22. The lowest BCUT2D eigenvalue weighted by molar-refractivity contribution is -0.130. The van der Waals surface area contributed by atoms with E-state index in [1.807, 2.05) is 75.4 Å². The molecule has 1 aromatic carbocycles. The topological polar surface area (TPSA) is 66.4 Å². The minimum atomic E-state index is -1.62. The van der Waals surface area contributed by atoms with Crippen LogP contribution in [0.15, 0.2) is 72.0 Å². The first-order valence-electron chi connectivity index (χ1n) is 9.85. The molecule has 6 nitrogen and oxygen atoms in total. The summed E-state index contributed by atoms with van der Waals surface area (Å²) in [6, 6.07) is 17.0. The van der Waals surface area contributed by atoms with Crippen molar-refractivity contribution in [2.24, 2.45) is 0 Å². The third kappa shape index (κ3) is 5.30. The first-order valence-corrected chi connectivity index (χ1v) is 11.0. The monoisotopic (exact) mass is 422 g/mol. The first kappa shape index (κ1) is 21.6. The Balaban J connectivity index is 1.89. The third-order valence-corrected chi connectivity index (χ3v) is 6.21. The van der Waals surface area contributed by atoms with Gasteiger partial charge in [0.25, 0.3) is 0 Å². The smallest absolute Gasteiger partial charge is 0.243 e. The lowest BCUT2D eigenvalue weighted by Crippen LogP contribution is -2.41. The molecule has 156 valence electrons. The molecule has 0 fully saturated rings. The van der Waals surface area contributed by atoms with Crippen molar-refractivity contribution in [1.82, 2.24) is 14.9 Å². The summed E-state index contributed by atoms with van der Waals surface area (Å²) in [5, 5.41) is 0.458. The molecule has 30 heavy (non-hydrogen) atoms. The van der Waals surface area contributed by atoms with Crippen LogP contribution in [0.2, 0.25) is 0 Å². The van der Waals surface area contributed by atoms with Gasteiger partial charge in [0.2, 0.25) is 5.91 Å². The van der Waals surface area contributed by atoms with Crippen LogP contribution in [0.4, 0.5) is 5.69 Å². The van der Waals surface area contributed by atoms with E-state index >= 15 is 0 Å². The van der Waals surface area contributed by atoms with Crippen molar-refractivity contribution in [3.8, 4) is 0 Å². The second-order valence-electron chi connectivity index (χ2n) is 6.98. The van der Waals surface area contributed by atoms with Crippen molar-refractivity contribution in [2.75, 3.05) is 17.4 Å². The number of likely N-dealkylation sites (N-methyl/N-ethyl adjacent to an activating group) is 1. The third-order valence-electron chi connectivity index (χ3n) is 4.71. The summed E-state index contributed by atoms with van der Waals surface area (Å²) in [6.07, 6.45) is 3.33. The van der Waals surface area contributed by atoms with E-state index < -0.39 is 11.0 Å². The van der Waals surface area contributed by atoms with Crippen molar-refractivity contribution < 1.29 is 9.00 Å². The predicted octanol–water partition coefficient (Wildman–Crippen LogP) is 3.67. The van der Waals surface area contributed by atoms with Gasteiger partial charge in [-0.15, -0.1) is 0 Å². The zero-order valence-electron chi connectivity index (χ0n) is 17.5. The molecule has 0 saturated heterocycles. The molecule has 0 aliphatic carbocycles. The van der Waals surface area contributed by atoms with Gasteiger partial charge in [0.15, 0.2) is 16.0 Å². The number of anilines is 1. The first-order chi connectivity index (χ1) is 14.5. The predicted molar refractivity (Wildman–Crippen MR) is 119 cm³/mol. The van der Waals surface area contributed by atoms with Crippen molar-refractivity contribution in [3.63, 3.8) is 0 Å². The van der Waals surface area contributed by atoms with Crippen molar-refractivity contribution >= 4 is 22.6 Å². The van der Waals surface area contributed by atoms with Gasteiger partial charge in [-0.2, -0.15) is 0 Å². The van der Waals surface area contributed by atoms with Gasteiger partial charge in [0, 0.05) is 18.9 Å². The zero-order valence-corrected chi connectivity index (χ0v) is 18.3. The normalized spacial score (nSPS) is 11.7. The van der Waals surface area contributed by atoms with Gasteiger partial charge in [-0.25, -0.2) is 9.19 Å². The molecule has 3 rings (SSSR count). The molecule has 2 heterocycles. The maximum atomic E-state index is 13.5. The van der Waals surface area contributed by atoms with E-state index in [9.17, 15) is 9.00 Å². The van der Waals surface area contributed by atoms with Crippen molar-refractivity contribution in [3.05, 3.63) is 83.8 Å². The Bertz CT molecular complexity index is 1030. The Morgan fingerprint density at radius 2 is 1.80 bits per heavy atom. The van der Waals surface area contributed by atoms with Crippen LogP contribution >= 0.6 is 0 Å². The Labute approximate surface area is 180 Å². The molecule has 0 saturated carbocycles. The minimum Gasteiger partial charge on any atom is -0.336 e. The number of nitrogens with zero attached hydrogens (tertiary/aromatic N) is 4. The molecule has 2 aromatic heterocycles. The standard InChI is InChI=1S/C23H26N4O2S/c1-4-26(16-20-11-5-6-13-24-20)22(28)17-27(21-12-7-9-18(2)15-21)30(29)23-19(3)10-8-14-25-23/h5-15H,4,16-17H2,1-3H3. The molecule has 1 atom stereocenters. The fourth-order valence-electron chi connectivity index (χ4n) is 3.07. The molecule has 7 heteroatoms. The molecule has 0 bridgehead atoms. The lowest BCUT2D eigenvalue weighted by atomic mass is 10.2. The van der Waals surface area contributed by atoms with Gasteiger partial charge in [-0.1, -0.05) is 24.3 Å². The number of pyridine rings is 2.